The zero-order chi connectivity index (χ0) is 17.6. The molecule has 0 aliphatic carbocycles. The first-order valence-electron chi connectivity index (χ1n) is 9.10. The Kier molecular flexibility index (Phi) is 6.70. The second-order valence-electron chi connectivity index (χ2n) is 7.11. The predicted octanol–water partition coefficient (Wildman–Crippen LogP) is 1.95. The fourth-order valence-electron chi connectivity index (χ4n) is 3.78. The van der Waals surface area contributed by atoms with Gasteiger partial charge >= 0.3 is 0 Å². The average molecular weight is 366 g/mol. The van der Waals surface area contributed by atoms with Crippen LogP contribution in [0, 0.1) is 5.92 Å². The molecule has 0 N–H and O–H groups in total. The van der Waals surface area contributed by atoms with Gasteiger partial charge in [-0.2, -0.15) is 0 Å². The number of hydrogen-bond acceptors (Lipinski definition) is 4. The Morgan fingerprint density at radius 3 is 2.68 bits per heavy atom. The maximum absolute atomic E-state index is 12.0. The highest BCUT2D eigenvalue weighted by atomic mass is 35.5. The number of ether oxygens (including phenoxy) is 1. The summed E-state index contributed by atoms with van der Waals surface area (Å²) in [5, 5.41) is 0.806. The number of amides is 1. The third-order valence-electron chi connectivity index (χ3n) is 5.14. The van der Waals surface area contributed by atoms with Gasteiger partial charge in [0.15, 0.2) is 0 Å². The summed E-state index contributed by atoms with van der Waals surface area (Å²) in [6.45, 7) is 8.50. The molecule has 0 bridgehead atoms. The fraction of sp³-hybridized carbons (Fsp3) is 0.632. The molecule has 1 aromatic rings. The van der Waals surface area contributed by atoms with Crippen LogP contribution in [0.4, 0.5) is 0 Å². The molecule has 2 aliphatic heterocycles. The highest BCUT2D eigenvalue weighted by Gasteiger charge is 2.31. The van der Waals surface area contributed by atoms with Crippen molar-refractivity contribution in [2.24, 2.45) is 5.92 Å². The number of nitrogens with zero attached hydrogens (tertiary/aromatic N) is 3. The van der Waals surface area contributed by atoms with E-state index < -0.39 is 0 Å². The number of benzene rings is 1. The van der Waals surface area contributed by atoms with E-state index in [4.69, 9.17) is 16.3 Å². The van der Waals surface area contributed by atoms with Crippen LogP contribution >= 0.6 is 11.6 Å². The van der Waals surface area contributed by atoms with Gasteiger partial charge in [-0.1, -0.05) is 23.7 Å². The van der Waals surface area contributed by atoms with Gasteiger partial charge in [-0.15, -0.1) is 0 Å². The molecule has 0 radical (unpaired) electrons. The van der Waals surface area contributed by atoms with Gasteiger partial charge < -0.3 is 14.5 Å². The van der Waals surface area contributed by atoms with Gasteiger partial charge in [-0.25, -0.2) is 0 Å². The second-order valence-corrected chi connectivity index (χ2v) is 7.55. The average Bonchev–Trinajstić information content (AvgIpc) is 2.94. The summed E-state index contributed by atoms with van der Waals surface area (Å²) >= 11 is 6.07. The number of rotatable bonds is 7. The van der Waals surface area contributed by atoms with E-state index in [0.29, 0.717) is 18.9 Å². The molecule has 6 heteroatoms. The predicted molar refractivity (Wildman–Crippen MR) is 99.7 cm³/mol. The van der Waals surface area contributed by atoms with Crippen molar-refractivity contribution in [2.75, 3.05) is 59.5 Å². The molecular weight excluding hydrogens is 338 g/mol. The van der Waals surface area contributed by atoms with Gasteiger partial charge in [-0.05, 0) is 23.6 Å². The zero-order valence-corrected chi connectivity index (χ0v) is 15.7. The Hall–Kier alpha value is -1.14. The molecule has 3 rings (SSSR count). The Labute approximate surface area is 155 Å². The van der Waals surface area contributed by atoms with Crippen LogP contribution in [0.3, 0.4) is 0 Å². The monoisotopic (exact) mass is 365 g/mol. The van der Waals surface area contributed by atoms with Crippen molar-refractivity contribution in [3.63, 3.8) is 0 Å². The van der Waals surface area contributed by atoms with Crippen LogP contribution in [-0.2, 0) is 16.1 Å². The van der Waals surface area contributed by atoms with Crippen molar-refractivity contribution in [2.45, 2.75) is 13.0 Å². The first-order chi connectivity index (χ1) is 12.1. The highest BCUT2D eigenvalue weighted by Crippen LogP contribution is 2.20. The molecule has 2 aliphatic rings. The van der Waals surface area contributed by atoms with E-state index in [1.165, 1.54) is 5.56 Å². The zero-order valence-electron chi connectivity index (χ0n) is 15.0. The summed E-state index contributed by atoms with van der Waals surface area (Å²) in [6, 6.07) is 8.12. The molecule has 2 heterocycles. The number of halogens is 1. The van der Waals surface area contributed by atoms with Crippen LogP contribution in [0.15, 0.2) is 24.3 Å². The SMILES string of the molecule is COCCN1CC(CN2CCN(Cc3cccc(Cl)c3)CC2)CC1=O. The number of piperazine rings is 1. The summed E-state index contributed by atoms with van der Waals surface area (Å²) in [5.41, 5.74) is 1.27. The topological polar surface area (TPSA) is 36.0 Å². The summed E-state index contributed by atoms with van der Waals surface area (Å²) in [7, 11) is 1.68. The van der Waals surface area contributed by atoms with E-state index >= 15 is 0 Å². The molecule has 1 atom stereocenters. The summed E-state index contributed by atoms with van der Waals surface area (Å²) < 4.78 is 5.09. The summed E-state index contributed by atoms with van der Waals surface area (Å²) in [6.07, 6.45) is 0.687. The van der Waals surface area contributed by atoms with Crippen LogP contribution in [0.1, 0.15) is 12.0 Å². The van der Waals surface area contributed by atoms with Crippen LogP contribution in [0.2, 0.25) is 5.02 Å². The summed E-state index contributed by atoms with van der Waals surface area (Å²) in [4.78, 5) is 19.0. The van der Waals surface area contributed by atoms with E-state index in [9.17, 15) is 4.79 Å². The number of likely N-dealkylation sites (tertiary alicyclic amines) is 1. The molecule has 1 amide bonds. The van der Waals surface area contributed by atoms with E-state index in [2.05, 4.69) is 15.9 Å². The Bertz CT molecular complexity index is 576. The number of carbonyl (C=O) groups excluding carboxylic acids is 1. The molecule has 5 nitrogen and oxygen atoms in total. The van der Waals surface area contributed by atoms with Crippen LogP contribution in [0.25, 0.3) is 0 Å². The van der Waals surface area contributed by atoms with E-state index in [1.54, 1.807) is 7.11 Å². The molecule has 0 spiro atoms. The Morgan fingerprint density at radius 2 is 1.96 bits per heavy atom. The maximum atomic E-state index is 12.0. The summed E-state index contributed by atoms with van der Waals surface area (Å²) in [5.74, 6) is 0.741. The fourth-order valence-corrected chi connectivity index (χ4v) is 4.00. The lowest BCUT2D eigenvalue weighted by atomic mass is 10.1. The molecule has 2 saturated heterocycles. The first kappa shape index (κ1) is 18.6. The smallest absolute Gasteiger partial charge is 0.223 e. The van der Waals surface area contributed by atoms with Gasteiger partial charge in [0.2, 0.25) is 5.91 Å². The molecule has 25 heavy (non-hydrogen) atoms. The number of methoxy groups -OCH3 is 1. The molecule has 0 aromatic heterocycles. The standard InChI is InChI=1S/C19H28ClN3O2/c1-25-10-9-23-15-17(12-19(23)24)14-22-7-5-21(6-8-22)13-16-3-2-4-18(20)11-16/h2-4,11,17H,5-10,12-15H2,1H3. The van der Waals surface area contributed by atoms with Crippen molar-refractivity contribution >= 4 is 17.5 Å². The Balaban J connectivity index is 1.40. The van der Waals surface area contributed by atoms with E-state index in [0.717, 1.165) is 57.4 Å². The quantitative estimate of drug-likeness (QED) is 0.740. The normalized spacial score (nSPS) is 22.7. The maximum Gasteiger partial charge on any atom is 0.223 e. The highest BCUT2D eigenvalue weighted by molar-refractivity contribution is 6.30. The molecule has 1 aromatic carbocycles. The molecule has 1 unspecified atom stereocenters. The van der Waals surface area contributed by atoms with Gasteiger partial charge in [0.05, 0.1) is 6.61 Å². The lowest BCUT2D eigenvalue weighted by Crippen LogP contribution is -2.47. The third-order valence-corrected chi connectivity index (χ3v) is 5.37. The van der Waals surface area contributed by atoms with Crippen LogP contribution in [0.5, 0.6) is 0 Å². The van der Waals surface area contributed by atoms with Crippen molar-refractivity contribution in [3.05, 3.63) is 34.9 Å². The minimum atomic E-state index is 0.279. The molecule has 2 fully saturated rings. The third kappa shape index (κ3) is 5.42. The first-order valence-corrected chi connectivity index (χ1v) is 9.47. The molecule has 138 valence electrons. The number of carbonyl (C=O) groups is 1. The largest absolute Gasteiger partial charge is 0.383 e. The van der Waals surface area contributed by atoms with Gasteiger partial charge in [0.25, 0.3) is 0 Å². The van der Waals surface area contributed by atoms with Crippen molar-refractivity contribution in [1.82, 2.24) is 14.7 Å². The minimum Gasteiger partial charge on any atom is -0.383 e. The molecular formula is C19H28ClN3O2. The number of hydrogen-bond donors (Lipinski definition) is 0. The second kappa shape index (κ2) is 8.99. The molecule has 0 saturated carbocycles. The van der Waals surface area contributed by atoms with Crippen molar-refractivity contribution in [1.29, 1.82) is 0 Å². The van der Waals surface area contributed by atoms with Crippen LogP contribution in [-0.4, -0.2) is 80.1 Å². The van der Waals surface area contributed by atoms with E-state index in [-0.39, 0.29) is 5.91 Å². The van der Waals surface area contributed by atoms with Crippen LogP contribution < -0.4 is 0 Å². The Morgan fingerprint density at radius 1 is 1.20 bits per heavy atom. The van der Waals surface area contributed by atoms with Gasteiger partial charge in [-0.3, -0.25) is 9.69 Å². The van der Waals surface area contributed by atoms with Crippen molar-refractivity contribution in [3.8, 4) is 0 Å². The minimum absolute atomic E-state index is 0.279. The van der Waals surface area contributed by atoms with Gasteiger partial charge in [0.1, 0.15) is 0 Å². The lowest BCUT2D eigenvalue weighted by Gasteiger charge is -2.35. The van der Waals surface area contributed by atoms with E-state index in [1.807, 2.05) is 23.1 Å². The van der Waals surface area contributed by atoms with Crippen molar-refractivity contribution < 1.29 is 9.53 Å². The van der Waals surface area contributed by atoms with Gasteiger partial charge in [0, 0.05) is 70.9 Å². The lowest BCUT2D eigenvalue weighted by molar-refractivity contribution is -0.128.